The van der Waals surface area contributed by atoms with E-state index >= 15 is 0 Å². The fraction of sp³-hybridized carbons (Fsp3) is 0.333. The molecule has 1 aliphatic heterocycles. The van der Waals surface area contributed by atoms with Gasteiger partial charge in [-0.05, 0) is 40.7 Å². The minimum absolute atomic E-state index is 0.111. The van der Waals surface area contributed by atoms with Gasteiger partial charge in [-0.1, -0.05) is 50.2 Å². The predicted octanol–water partition coefficient (Wildman–Crippen LogP) is 3.64. The van der Waals surface area contributed by atoms with Gasteiger partial charge in [-0.15, -0.1) is 0 Å². The summed E-state index contributed by atoms with van der Waals surface area (Å²) in [5.41, 5.74) is 3.27. The van der Waals surface area contributed by atoms with Gasteiger partial charge in [0, 0.05) is 19.5 Å². The first kappa shape index (κ1) is 17.2. The number of nitrogens with zero attached hydrogens (tertiary/aromatic N) is 1. The van der Waals surface area contributed by atoms with E-state index in [0.29, 0.717) is 19.5 Å². The van der Waals surface area contributed by atoms with Crippen LogP contribution in [0.2, 0.25) is 0 Å². The van der Waals surface area contributed by atoms with Gasteiger partial charge in [0.2, 0.25) is 5.91 Å². The average Bonchev–Trinajstić information content (AvgIpc) is 2.61. The lowest BCUT2D eigenvalue weighted by Crippen LogP contribution is -2.39. The molecule has 0 bridgehead atoms. The number of hydrogen-bond donors (Lipinski definition) is 1. The largest absolute Gasteiger partial charge is 0.478 e. The Labute approximate surface area is 148 Å². The van der Waals surface area contributed by atoms with E-state index in [1.165, 1.54) is 0 Å². The fourth-order valence-corrected chi connectivity index (χ4v) is 3.38. The van der Waals surface area contributed by atoms with Crippen LogP contribution in [0.25, 0.3) is 0 Å². The van der Waals surface area contributed by atoms with Crippen LogP contribution < -0.4 is 0 Å². The number of aromatic carboxylic acids is 1. The highest BCUT2D eigenvalue weighted by Gasteiger charge is 2.28. The number of benzene rings is 2. The summed E-state index contributed by atoms with van der Waals surface area (Å²) in [5, 5.41) is 9.16. The summed E-state index contributed by atoms with van der Waals surface area (Å²) in [6, 6.07) is 15.3. The SMILES string of the molecule is CC(C)(CC(=O)N1CCc2ccc(C(=O)O)cc2C1)c1ccccc1. The van der Waals surface area contributed by atoms with E-state index in [-0.39, 0.29) is 16.9 Å². The molecule has 2 aromatic carbocycles. The molecule has 0 atom stereocenters. The maximum absolute atomic E-state index is 12.8. The number of rotatable bonds is 4. The zero-order valence-electron chi connectivity index (χ0n) is 14.7. The Hall–Kier alpha value is -2.62. The zero-order valence-corrected chi connectivity index (χ0v) is 14.7. The third kappa shape index (κ3) is 3.73. The Morgan fingerprint density at radius 2 is 1.80 bits per heavy atom. The van der Waals surface area contributed by atoms with E-state index in [4.69, 9.17) is 5.11 Å². The summed E-state index contributed by atoms with van der Waals surface area (Å²) in [5.74, 6) is -0.823. The lowest BCUT2D eigenvalue weighted by molar-refractivity contribution is -0.133. The predicted molar refractivity (Wildman–Crippen MR) is 96.6 cm³/mol. The standard InChI is InChI=1S/C21H23NO3/c1-21(2,18-6-4-3-5-7-18)13-19(23)22-11-10-15-8-9-16(20(24)25)12-17(15)14-22/h3-9,12H,10-11,13-14H2,1-2H3,(H,24,25). The van der Waals surface area contributed by atoms with Gasteiger partial charge < -0.3 is 10.0 Å². The van der Waals surface area contributed by atoms with Gasteiger partial charge in [0.05, 0.1) is 5.56 Å². The Kier molecular flexibility index (Phi) is 4.62. The average molecular weight is 337 g/mol. The van der Waals surface area contributed by atoms with Crippen LogP contribution in [-0.4, -0.2) is 28.4 Å². The van der Waals surface area contributed by atoms with Gasteiger partial charge in [0.25, 0.3) is 0 Å². The summed E-state index contributed by atoms with van der Waals surface area (Å²) in [6.07, 6.45) is 1.21. The van der Waals surface area contributed by atoms with Crippen molar-refractivity contribution in [3.63, 3.8) is 0 Å². The van der Waals surface area contributed by atoms with Crippen LogP contribution in [0.15, 0.2) is 48.5 Å². The van der Waals surface area contributed by atoms with Crippen molar-refractivity contribution in [3.8, 4) is 0 Å². The second-order valence-electron chi connectivity index (χ2n) is 7.28. The van der Waals surface area contributed by atoms with E-state index in [2.05, 4.69) is 26.0 Å². The van der Waals surface area contributed by atoms with Crippen LogP contribution in [0.4, 0.5) is 0 Å². The van der Waals surface area contributed by atoms with E-state index in [9.17, 15) is 9.59 Å². The highest BCUT2D eigenvalue weighted by Crippen LogP contribution is 2.29. The monoisotopic (exact) mass is 337 g/mol. The maximum Gasteiger partial charge on any atom is 0.335 e. The molecule has 130 valence electrons. The molecule has 1 amide bonds. The van der Waals surface area contributed by atoms with Crippen LogP contribution in [0, 0.1) is 0 Å². The first-order valence-electron chi connectivity index (χ1n) is 8.55. The molecule has 0 saturated carbocycles. The smallest absolute Gasteiger partial charge is 0.335 e. The lowest BCUT2D eigenvalue weighted by atomic mass is 9.81. The third-order valence-electron chi connectivity index (χ3n) is 4.97. The Balaban J connectivity index is 1.74. The number of hydrogen-bond acceptors (Lipinski definition) is 2. The fourth-order valence-electron chi connectivity index (χ4n) is 3.38. The van der Waals surface area contributed by atoms with Crippen LogP contribution in [0.3, 0.4) is 0 Å². The first-order chi connectivity index (χ1) is 11.9. The van der Waals surface area contributed by atoms with Crippen molar-refractivity contribution in [3.05, 3.63) is 70.8 Å². The number of carboxylic acids is 1. The third-order valence-corrected chi connectivity index (χ3v) is 4.97. The first-order valence-corrected chi connectivity index (χ1v) is 8.55. The van der Waals surface area contributed by atoms with E-state index in [1.54, 1.807) is 12.1 Å². The molecule has 4 nitrogen and oxygen atoms in total. The van der Waals surface area contributed by atoms with Crippen molar-refractivity contribution in [2.75, 3.05) is 6.54 Å². The van der Waals surface area contributed by atoms with Crippen molar-refractivity contribution >= 4 is 11.9 Å². The van der Waals surface area contributed by atoms with Crippen molar-refractivity contribution in [1.29, 1.82) is 0 Å². The van der Waals surface area contributed by atoms with Gasteiger partial charge in [-0.25, -0.2) is 4.79 Å². The molecule has 0 aliphatic carbocycles. The molecule has 1 aliphatic rings. The highest BCUT2D eigenvalue weighted by molar-refractivity contribution is 5.88. The summed E-state index contributed by atoms with van der Waals surface area (Å²) in [4.78, 5) is 25.8. The minimum atomic E-state index is -0.934. The molecule has 1 heterocycles. The normalized spacial score (nSPS) is 14.1. The number of carbonyl (C=O) groups is 2. The maximum atomic E-state index is 12.8. The molecule has 0 spiro atoms. The molecule has 4 heteroatoms. The van der Waals surface area contributed by atoms with Crippen molar-refractivity contribution in [2.24, 2.45) is 0 Å². The minimum Gasteiger partial charge on any atom is -0.478 e. The van der Waals surface area contributed by atoms with Crippen molar-refractivity contribution in [2.45, 2.75) is 38.6 Å². The van der Waals surface area contributed by atoms with E-state index in [1.807, 2.05) is 29.2 Å². The van der Waals surface area contributed by atoms with Gasteiger partial charge >= 0.3 is 5.97 Å². The second kappa shape index (κ2) is 6.71. The topological polar surface area (TPSA) is 57.6 Å². The Morgan fingerprint density at radius 3 is 2.48 bits per heavy atom. The molecule has 0 fully saturated rings. The van der Waals surface area contributed by atoms with Crippen molar-refractivity contribution < 1.29 is 14.7 Å². The Morgan fingerprint density at radius 1 is 1.08 bits per heavy atom. The van der Waals surface area contributed by atoms with E-state index in [0.717, 1.165) is 23.1 Å². The summed E-state index contributed by atoms with van der Waals surface area (Å²) in [6.45, 7) is 5.34. The lowest BCUT2D eigenvalue weighted by Gasteiger charge is -2.33. The highest BCUT2D eigenvalue weighted by atomic mass is 16.4. The van der Waals surface area contributed by atoms with Crippen LogP contribution in [0.5, 0.6) is 0 Å². The van der Waals surface area contributed by atoms with Gasteiger partial charge in [-0.3, -0.25) is 4.79 Å². The molecular weight excluding hydrogens is 314 g/mol. The van der Waals surface area contributed by atoms with E-state index < -0.39 is 5.97 Å². The quantitative estimate of drug-likeness (QED) is 0.927. The van der Waals surface area contributed by atoms with Crippen LogP contribution in [0.1, 0.15) is 47.3 Å². The summed E-state index contributed by atoms with van der Waals surface area (Å²) in [7, 11) is 0. The second-order valence-corrected chi connectivity index (χ2v) is 7.28. The number of carbonyl (C=O) groups excluding carboxylic acids is 1. The molecule has 0 radical (unpaired) electrons. The van der Waals surface area contributed by atoms with Crippen molar-refractivity contribution in [1.82, 2.24) is 4.90 Å². The van der Waals surface area contributed by atoms with Gasteiger partial charge in [-0.2, -0.15) is 0 Å². The van der Waals surface area contributed by atoms with Crippen LogP contribution in [-0.2, 0) is 23.2 Å². The molecule has 0 saturated heterocycles. The van der Waals surface area contributed by atoms with Gasteiger partial charge in [0.1, 0.15) is 0 Å². The molecular formula is C21H23NO3. The Bertz CT molecular complexity index is 796. The molecule has 2 aromatic rings. The molecule has 25 heavy (non-hydrogen) atoms. The number of amides is 1. The molecule has 0 unspecified atom stereocenters. The molecule has 1 N–H and O–H groups in total. The van der Waals surface area contributed by atoms with Crippen LogP contribution >= 0.6 is 0 Å². The zero-order chi connectivity index (χ0) is 18.0. The molecule has 0 aromatic heterocycles. The number of fused-ring (bicyclic) bond motifs is 1. The summed E-state index contributed by atoms with van der Waals surface area (Å²) >= 11 is 0. The van der Waals surface area contributed by atoms with Gasteiger partial charge in [0.15, 0.2) is 0 Å². The summed E-state index contributed by atoms with van der Waals surface area (Å²) < 4.78 is 0. The number of carboxylic acid groups (broad SMARTS) is 1. The molecule has 3 rings (SSSR count).